The highest BCUT2D eigenvalue weighted by atomic mass is 14.9. The monoisotopic (exact) mass is 211 g/mol. The van der Waals surface area contributed by atoms with Crippen molar-refractivity contribution in [1.29, 1.82) is 0 Å². The molecule has 1 rings (SSSR count). The zero-order chi connectivity index (χ0) is 10.9. The normalized spacial score (nSPS) is 19.6. The van der Waals surface area contributed by atoms with Crippen molar-refractivity contribution in [3.8, 4) is 0 Å². The van der Waals surface area contributed by atoms with E-state index in [1.165, 1.54) is 57.8 Å². The molecule has 1 saturated carbocycles. The molecule has 1 aliphatic rings. The molecule has 0 saturated heterocycles. The molecule has 0 bridgehead atoms. The van der Waals surface area contributed by atoms with Gasteiger partial charge < -0.3 is 5.32 Å². The quantitative estimate of drug-likeness (QED) is 0.595. The van der Waals surface area contributed by atoms with Gasteiger partial charge in [0.1, 0.15) is 0 Å². The van der Waals surface area contributed by atoms with E-state index in [0.29, 0.717) is 0 Å². The predicted molar refractivity (Wildman–Crippen MR) is 68.2 cm³/mol. The first-order chi connectivity index (χ1) is 7.36. The maximum absolute atomic E-state index is 3.67. The third kappa shape index (κ3) is 5.55. The standard InChI is InChI=1S/C14H29N/c1-3-5-6-11-14(15-4-2)12-13-9-7-8-10-13/h13-15H,3-12H2,1-2H3. The summed E-state index contributed by atoms with van der Waals surface area (Å²) < 4.78 is 0. The Hall–Kier alpha value is -0.0400. The van der Waals surface area contributed by atoms with Gasteiger partial charge in [0.25, 0.3) is 0 Å². The van der Waals surface area contributed by atoms with Crippen LogP contribution in [0.4, 0.5) is 0 Å². The molecule has 0 radical (unpaired) electrons. The molecule has 0 aliphatic heterocycles. The van der Waals surface area contributed by atoms with Crippen LogP contribution >= 0.6 is 0 Å². The molecule has 15 heavy (non-hydrogen) atoms. The Kier molecular flexibility index (Phi) is 7.08. The van der Waals surface area contributed by atoms with E-state index in [1.54, 1.807) is 0 Å². The van der Waals surface area contributed by atoms with Gasteiger partial charge in [0, 0.05) is 6.04 Å². The van der Waals surface area contributed by atoms with Crippen LogP contribution in [-0.4, -0.2) is 12.6 Å². The first-order valence-corrected chi connectivity index (χ1v) is 7.10. The lowest BCUT2D eigenvalue weighted by Gasteiger charge is -2.21. The van der Waals surface area contributed by atoms with Gasteiger partial charge in [-0.3, -0.25) is 0 Å². The topological polar surface area (TPSA) is 12.0 Å². The summed E-state index contributed by atoms with van der Waals surface area (Å²) >= 11 is 0. The third-order valence-electron chi connectivity index (χ3n) is 3.74. The fraction of sp³-hybridized carbons (Fsp3) is 1.00. The van der Waals surface area contributed by atoms with Gasteiger partial charge in [-0.05, 0) is 25.3 Å². The van der Waals surface area contributed by atoms with Crippen LogP contribution in [0.2, 0.25) is 0 Å². The van der Waals surface area contributed by atoms with Crippen molar-refractivity contribution >= 4 is 0 Å². The van der Waals surface area contributed by atoms with Crippen molar-refractivity contribution < 1.29 is 0 Å². The summed E-state index contributed by atoms with van der Waals surface area (Å²) in [6.45, 7) is 5.67. The van der Waals surface area contributed by atoms with Gasteiger partial charge in [0.15, 0.2) is 0 Å². The highest BCUT2D eigenvalue weighted by Crippen LogP contribution is 2.29. The van der Waals surface area contributed by atoms with Crippen molar-refractivity contribution in [1.82, 2.24) is 5.32 Å². The van der Waals surface area contributed by atoms with Crippen LogP contribution in [-0.2, 0) is 0 Å². The minimum Gasteiger partial charge on any atom is -0.314 e. The van der Waals surface area contributed by atoms with Gasteiger partial charge in [-0.1, -0.05) is 58.8 Å². The summed E-state index contributed by atoms with van der Waals surface area (Å²) in [7, 11) is 0. The van der Waals surface area contributed by atoms with E-state index in [1.807, 2.05) is 0 Å². The van der Waals surface area contributed by atoms with E-state index >= 15 is 0 Å². The van der Waals surface area contributed by atoms with Crippen LogP contribution in [0.15, 0.2) is 0 Å². The second-order valence-electron chi connectivity index (χ2n) is 5.14. The van der Waals surface area contributed by atoms with Crippen molar-refractivity contribution in [2.75, 3.05) is 6.54 Å². The molecule has 1 heteroatoms. The van der Waals surface area contributed by atoms with Crippen molar-refractivity contribution in [3.63, 3.8) is 0 Å². The van der Waals surface area contributed by atoms with E-state index < -0.39 is 0 Å². The maximum atomic E-state index is 3.67. The minimum absolute atomic E-state index is 0.810. The lowest BCUT2D eigenvalue weighted by molar-refractivity contribution is 0.367. The number of unbranched alkanes of at least 4 members (excludes halogenated alkanes) is 2. The molecule has 0 heterocycles. The van der Waals surface area contributed by atoms with Crippen LogP contribution < -0.4 is 5.32 Å². The Morgan fingerprint density at radius 3 is 2.47 bits per heavy atom. The highest BCUT2D eigenvalue weighted by Gasteiger charge is 2.19. The SMILES string of the molecule is CCCCCC(CC1CCCC1)NCC. The molecule has 0 spiro atoms. The van der Waals surface area contributed by atoms with Gasteiger partial charge in [-0.15, -0.1) is 0 Å². The summed E-state index contributed by atoms with van der Waals surface area (Å²) in [5, 5.41) is 3.67. The molecular formula is C14H29N. The molecule has 0 aromatic rings. The predicted octanol–water partition coefficient (Wildman–Crippen LogP) is 4.13. The minimum atomic E-state index is 0.810. The summed E-state index contributed by atoms with van der Waals surface area (Å²) in [5.74, 6) is 1.04. The molecule has 1 aliphatic carbocycles. The zero-order valence-corrected chi connectivity index (χ0v) is 10.7. The lowest BCUT2D eigenvalue weighted by atomic mass is 9.95. The fourth-order valence-corrected chi connectivity index (χ4v) is 2.88. The number of rotatable bonds is 8. The first-order valence-electron chi connectivity index (χ1n) is 7.10. The van der Waals surface area contributed by atoms with Crippen molar-refractivity contribution in [2.45, 2.75) is 77.7 Å². The summed E-state index contributed by atoms with van der Waals surface area (Å²) in [6.07, 6.45) is 13.0. The van der Waals surface area contributed by atoms with Crippen molar-refractivity contribution in [2.24, 2.45) is 5.92 Å². The molecule has 1 nitrogen and oxygen atoms in total. The second-order valence-corrected chi connectivity index (χ2v) is 5.14. The van der Waals surface area contributed by atoms with Crippen LogP contribution in [0.5, 0.6) is 0 Å². The lowest BCUT2D eigenvalue weighted by Crippen LogP contribution is -2.30. The smallest absolute Gasteiger partial charge is 0.00695 e. The van der Waals surface area contributed by atoms with Crippen LogP contribution in [0.1, 0.15) is 71.6 Å². The van der Waals surface area contributed by atoms with E-state index in [-0.39, 0.29) is 0 Å². The summed E-state index contributed by atoms with van der Waals surface area (Å²) in [5.41, 5.74) is 0. The van der Waals surface area contributed by atoms with E-state index in [0.717, 1.165) is 18.5 Å². The van der Waals surface area contributed by atoms with Crippen molar-refractivity contribution in [3.05, 3.63) is 0 Å². The van der Waals surface area contributed by atoms with Gasteiger partial charge in [0.2, 0.25) is 0 Å². The first kappa shape index (κ1) is 13.0. The number of hydrogen-bond donors (Lipinski definition) is 1. The number of nitrogens with one attached hydrogen (secondary N) is 1. The van der Waals surface area contributed by atoms with E-state index in [9.17, 15) is 0 Å². The van der Waals surface area contributed by atoms with E-state index in [4.69, 9.17) is 0 Å². The molecule has 0 aromatic heterocycles. The van der Waals surface area contributed by atoms with Gasteiger partial charge in [-0.25, -0.2) is 0 Å². The van der Waals surface area contributed by atoms with Crippen LogP contribution in [0.25, 0.3) is 0 Å². The molecule has 90 valence electrons. The summed E-state index contributed by atoms with van der Waals surface area (Å²) in [4.78, 5) is 0. The zero-order valence-electron chi connectivity index (χ0n) is 10.7. The van der Waals surface area contributed by atoms with Crippen LogP contribution in [0, 0.1) is 5.92 Å². The van der Waals surface area contributed by atoms with Gasteiger partial charge in [-0.2, -0.15) is 0 Å². The molecule has 1 fully saturated rings. The Morgan fingerprint density at radius 1 is 1.13 bits per heavy atom. The Balaban J connectivity index is 2.16. The Morgan fingerprint density at radius 2 is 1.87 bits per heavy atom. The third-order valence-corrected chi connectivity index (χ3v) is 3.74. The fourth-order valence-electron chi connectivity index (χ4n) is 2.88. The summed E-state index contributed by atoms with van der Waals surface area (Å²) in [6, 6.07) is 0.810. The molecule has 1 atom stereocenters. The Labute approximate surface area is 96.0 Å². The Bertz CT molecular complexity index is 138. The van der Waals surface area contributed by atoms with Gasteiger partial charge in [0.05, 0.1) is 0 Å². The molecule has 1 unspecified atom stereocenters. The average Bonchev–Trinajstić information content (AvgIpc) is 2.71. The highest BCUT2D eigenvalue weighted by molar-refractivity contribution is 4.75. The second kappa shape index (κ2) is 8.15. The average molecular weight is 211 g/mol. The number of hydrogen-bond acceptors (Lipinski definition) is 1. The maximum Gasteiger partial charge on any atom is 0.00695 e. The molecule has 0 aromatic carbocycles. The molecule has 0 amide bonds. The molecule has 1 N–H and O–H groups in total. The van der Waals surface area contributed by atoms with Gasteiger partial charge >= 0.3 is 0 Å². The van der Waals surface area contributed by atoms with Crippen LogP contribution in [0.3, 0.4) is 0 Å². The molecular weight excluding hydrogens is 182 g/mol. The van der Waals surface area contributed by atoms with E-state index in [2.05, 4.69) is 19.2 Å². The largest absolute Gasteiger partial charge is 0.314 e.